The van der Waals surface area contributed by atoms with Gasteiger partial charge in [-0.2, -0.15) is 0 Å². The van der Waals surface area contributed by atoms with Crippen molar-refractivity contribution in [3.8, 4) is 5.75 Å². The number of carbonyl (C=O) groups excluding carboxylic acids is 3. The van der Waals surface area contributed by atoms with Gasteiger partial charge in [-0.25, -0.2) is 4.79 Å². The number of nitrogens with one attached hydrogen (secondary N) is 1. The van der Waals surface area contributed by atoms with E-state index in [-0.39, 0.29) is 23.1 Å². The van der Waals surface area contributed by atoms with Crippen molar-refractivity contribution in [2.75, 3.05) is 12.9 Å². The number of β-lactam (4-membered cyclic amide) rings is 1. The molecule has 10 heteroatoms. The first-order chi connectivity index (χ1) is 15.9. The van der Waals surface area contributed by atoms with Gasteiger partial charge in [-0.3, -0.25) is 14.5 Å². The van der Waals surface area contributed by atoms with Crippen molar-refractivity contribution in [1.82, 2.24) is 10.2 Å². The molecule has 2 aromatic rings. The van der Waals surface area contributed by atoms with E-state index < -0.39 is 35.3 Å². The summed E-state index contributed by atoms with van der Waals surface area (Å²) >= 11 is 7.58. The topological polar surface area (TPSA) is 105 Å². The van der Waals surface area contributed by atoms with Crippen LogP contribution < -0.4 is 10.1 Å². The van der Waals surface area contributed by atoms with Crippen LogP contribution in [-0.4, -0.2) is 52.1 Å². The smallest absolute Gasteiger partial charge is 0.356 e. The Balaban J connectivity index is 1.40. The lowest BCUT2D eigenvalue weighted by molar-refractivity contribution is -0.154. The maximum Gasteiger partial charge on any atom is 0.356 e. The standard InChI is InChI=1S/C23H21ClN2O6S/c1-31-15-9-7-13(8-10-15)11-32-23(30)18-16(24)12-33-22-17(21(29)26(18)22)25-20(28)19(27)14-5-3-2-4-6-14/h2-10,17,19,22,27H,11-12H2,1H3,(H,25,28)/t17-,19?,22-/m0/s1. The summed E-state index contributed by atoms with van der Waals surface area (Å²) in [4.78, 5) is 39.3. The highest BCUT2D eigenvalue weighted by molar-refractivity contribution is 8.00. The predicted octanol–water partition coefficient (Wildman–Crippen LogP) is 2.32. The zero-order valence-electron chi connectivity index (χ0n) is 17.6. The van der Waals surface area contributed by atoms with Gasteiger partial charge >= 0.3 is 5.97 Å². The predicted molar refractivity (Wildman–Crippen MR) is 122 cm³/mol. The fourth-order valence-electron chi connectivity index (χ4n) is 3.53. The average molecular weight is 489 g/mol. The highest BCUT2D eigenvalue weighted by atomic mass is 35.5. The molecule has 2 heterocycles. The zero-order valence-corrected chi connectivity index (χ0v) is 19.1. The number of amides is 2. The largest absolute Gasteiger partial charge is 0.497 e. The summed E-state index contributed by atoms with van der Waals surface area (Å²) in [6.45, 7) is -0.000229. The van der Waals surface area contributed by atoms with Crippen LogP contribution in [0.1, 0.15) is 17.2 Å². The normalized spacial score (nSPS) is 20.5. The number of methoxy groups -OCH3 is 1. The number of benzene rings is 2. The second-order valence-corrected chi connectivity index (χ2v) is 8.95. The molecule has 0 saturated carbocycles. The molecule has 172 valence electrons. The molecule has 2 amide bonds. The van der Waals surface area contributed by atoms with Gasteiger partial charge in [0.25, 0.3) is 11.8 Å². The number of aliphatic hydroxyl groups is 1. The Hall–Kier alpha value is -3.01. The molecule has 4 rings (SSSR count). The van der Waals surface area contributed by atoms with Crippen LogP contribution in [0.3, 0.4) is 0 Å². The van der Waals surface area contributed by atoms with Crippen molar-refractivity contribution in [1.29, 1.82) is 0 Å². The van der Waals surface area contributed by atoms with Gasteiger partial charge in [0, 0.05) is 5.75 Å². The Bertz CT molecular complexity index is 1090. The van der Waals surface area contributed by atoms with Crippen LogP contribution in [0.25, 0.3) is 0 Å². The van der Waals surface area contributed by atoms with Crippen molar-refractivity contribution in [3.63, 3.8) is 0 Å². The lowest BCUT2D eigenvalue weighted by atomic mass is 10.0. The van der Waals surface area contributed by atoms with E-state index in [4.69, 9.17) is 21.1 Å². The number of fused-ring (bicyclic) bond motifs is 1. The first-order valence-corrected chi connectivity index (χ1v) is 11.5. The van der Waals surface area contributed by atoms with E-state index in [0.29, 0.717) is 11.3 Å². The molecule has 1 saturated heterocycles. The number of rotatable bonds is 7. The van der Waals surface area contributed by atoms with Gasteiger partial charge in [-0.1, -0.05) is 54.1 Å². The minimum absolute atomic E-state index is 0.000229. The maximum atomic E-state index is 12.8. The fourth-order valence-corrected chi connectivity index (χ4v) is 5.08. The lowest BCUT2D eigenvalue weighted by Gasteiger charge is -2.49. The van der Waals surface area contributed by atoms with E-state index in [9.17, 15) is 19.5 Å². The Labute approximate surface area is 199 Å². The van der Waals surface area contributed by atoms with E-state index >= 15 is 0 Å². The number of aliphatic hydroxyl groups excluding tert-OH is 1. The molecule has 2 N–H and O–H groups in total. The Kier molecular flexibility index (Phi) is 6.92. The lowest BCUT2D eigenvalue weighted by Crippen LogP contribution is -2.70. The van der Waals surface area contributed by atoms with Crippen molar-refractivity contribution in [2.45, 2.75) is 24.1 Å². The van der Waals surface area contributed by atoms with Crippen molar-refractivity contribution < 1.29 is 29.0 Å². The van der Waals surface area contributed by atoms with Gasteiger partial charge in [-0.15, -0.1) is 11.8 Å². The molecule has 2 aliphatic heterocycles. The van der Waals surface area contributed by atoms with E-state index in [1.54, 1.807) is 61.7 Å². The molecule has 3 atom stereocenters. The monoisotopic (exact) mass is 488 g/mol. The van der Waals surface area contributed by atoms with Crippen molar-refractivity contribution in [3.05, 3.63) is 76.5 Å². The summed E-state index contributed by atoms with van der Waals surface area (Å²) in [7, 11) is 1.56. The summed E-state index contributed by atoms with van der Waals surface area (Å²) in [5.41, 5.74) is 1.14. The molecule has 0 bridgehead atoms. The number of halogens is 1. The average Bonchev–Trinajstić information content (AvgIpc) is 2.85. The highest BCUT2D eigenvalue weighted by Crippen LogP contribution is 2.42. The summed E-state index contributed by atoms with van der Waals surface area (Å²) in [5, 5.41) is 12.5. The Morgan fingerprint density at radius 2 is 1.91 bits per heavy atom. The molecule has 0 spiro atoms. The summed E-state index contributed by atoms with van der Waals surface area (Å²) in [5.74, 6) is -0.932. The van der Waals surface area contributed by atoms with Crippen LogP contribution >= 0.6 is 23.4 Å². The van der Waals surface area contributed by atoms with Crippen LogP contribution in [0.2, 0.25) is 0 Å². The van der Waals surface area contributed by atoms with Crippen LogP contribution in [0, 0.1) is 0 Å². The quantitative estimate of drug-likeness (QED) is 0.455. The van der Waals surface area contributed by atoms with Crippen molar-refractivity contribution in [2.24, 2.45) is 0 Å². The maximum absolute atomic E-state index is 12.8. The first kappa shape index (κ1) is 23.2. The molecule has 0 aromatic heterocycles. The Morgan fingerprint density at radius 1 is 1.21 bits per heavy atom. The highest BCUT2D eigenvalue weighted by Gasteiger charge is 2.54. The molecule has 2 aromatic carbocycles. The zero-order chi connectivity index (χ0) is 23.5. The fraction of sp³-hybridized carbons (Fsp3) is 0.261. The molecule has 1 unspecified atom stereocenters. The number of hydrogen-bond acceptors (Lipinski definition) is 7. The first-order valence-electron chi connectivity index (χ1n) is 10.1. The van der Waals surface area contributed by atoms with Gasteiger partial charge < -0.3 is 19.9 Å². The minimum atomic E-state index is -1.41. The molecule has 1 fully saturated rings. The second kappa shape index (κ2) is 9.86. The third-order valence-electron chi connectivity index (χ3n) is 5.31. The van der Waals surface area contributed by atoms with E-state index in [0.717, 1.165) is 5.56 Å². The second-order valence-electron chi connectivity index (χ2n) is 7.39. The van der Waals surface area contributed by atoms with E-state index in [2.05, 4.69) is 5.32 Å². The van der Waals surface area contributed by atoms with Gasteiger partial charge in [0.15, 0.2) is 6.10 Å². The number of ether oxygens (including phenoxy) is 2. The van der Waals surface area contributed by atoms with Gasteiger partial charge in [0.2, 0.25) is 0 Å². The molecule has 33 heavy (non-hydrogen) atoms. The Morgan fingerprint density at radius 3 is 2.58 bits per heavy atom. The molecule has 2 aliphatic rings. The summed E-state index contributed by atoms with van der Waals surface area (Å²) in [6.07, 6.45) is -1.41. The molecule has 0 radical (unpaired) electrons. The number of carbonyl (C=O) groups is 3. The van der Waals surface area contributed by atoms with Gasteiger partial charge in [0.1, 0.15) is 29.5 Å². The number of thioether (sulfide) groups is 1. The minimum Gasteiger partial charge on any atom is -0.497 e. The summed E-state index contributed by atoms with van der Waals surface area (Å²) in [6, 6.07) is 14.6. The van der Waals surface area contributed by atoms with Crippen LogP contribution in [0.15, 0.2) is 65.3 Å². The molecule has 0 aliphatic carbocycles. The number of nitrogens with zero attached hydrogens (tertiary/aromatic N) is 1. The number of hydrogen-bond donors (Lipinski definition) is 2. The van der Waals surface area contributed by atoms with E-state index in [1.165, 1.54) is 16.7 Å². The molecular formula is C23H21ClN2O6S. The van der Waals surface area contributed by atoms with Crippen LogP contribution in [-0.2, 0) is 25.7 Å². The van der Waals surface area contributed by atoms with Gasteiger partial charge in [0.05, 0.1) is 12.1 Å². The molecular weight excluding hydrogens is 468 g/mol. The number of esters is 1. The summed E-state index contributed by atoms with van der Waals surface area (Å²) < 4.78 is 10.5. The van der Waals surface area contributed by atoms with Crippen LogP contribution in [0.5, 0.6) is 5.75 Å². The van der Waals surface area contributed by atoms with Gasteiger partial charge in [-0.05, 0) is 23.3 Å². The third-order valence-corrected chi connectivity index (χ3v) is 7.06. The van der Waals surface area contributed by atoms with Crippen LogP contribution in [0.4, 0.5) is 0 Å². The van der Waals surface area contributed by atoms with E-state index in [1.807, 2.05) is 0 Å². The molecule has 8 nitrogen and oxygen atoms in total. The third kappa shape index (κ3) is 4.71. The van der Waals surface area contributed by atoms with Crippen molar-refractivity contribution >= 4 is 41.1 Å². The SMILES string of the molecule is COc1ccc(COC(=O)C2=C(Cl)CS[C@H]3[C@@H](NC(=O)C(O)c4ccccc4)C(=O)N23)cc1.